The standard InChI is InChI=1S/C12H12N2O2/c1-12(2)6-13-11(16)9-5-8(14-7-15)3-4-10(9)12/h3-5H,6H2,1-2H3,(H,13,16). The Morgan fingerprint density at radius 2 is 2.19 bits per heavy atom. The van der Waals surface area contributed by atoms with Crippen molar-refractivity contribution >= 4 is 17.7 Å². The van der Waals surface area contributed by atoms with E-state index < -0.39 is 0 Å². The third kappa shape index (κ3) is 1.64. The average molecular weight is 216 g/mol. The monoisotopic (exact) mass is 216 g/mol. The van der Waals surface area contributed by atoms with Gasteiger partial charge in [-0.15, -0.1) is 0 Å². The van der Waals surface area contributed by atoms with Crippen molar-refractivity contribution in [1.82, 2.24) is 5.32 Å². The summed E-state index contributed by atoms with van der Waals surface area (Å²) in [6.07, 6.45) is 1.47. The molecular weight excluding hydrogens is 204 g/mol. The number of carbonyl (C=O) groups excluding carboxylic acids is 2. The molecule has 1 amide bonds. The van der Waals surface area contributed by atoms with Crippen LogP contribution in [0.25, 0.3) is 0 Å². The Morgan fingerprint density at radius 3 is 2.88 bits per heavy atom. The fourth-order valence-electron chi connectivity index (χ4n) is 1.92. The van der Waals surface area contributed by atoms with Crippen LogP contribution in [0.3, 0.4) is 0 Å². The SMILES string of the molecule is CC1(C)CNC(=O)c2cc(N=C=O)ccc21. The quantitative estimate of drug-likeness (QED) is 0.573. The molecule has 1 aliphatic heterocycles. The maximum absolute atomic E-state index is 11.7. The van der Waals surface area contributed by atoms with Crippen molar-refractivity contribution in [1.29, 1.82) is 0 Å². The first kappa shape index (κ1) is 10.6. The van der Waals surface area contributed by atoms with Crippen molar-refractivity contribution < 1.29 is 9.59 Å². The molecule has 0 aromatic heterocycles. The van der Waals surface area contributed by atoms with Gasteiger partial charge in [-0.1, -0.05) is 19.9 Å². The Hall–Kier alpha value is -1.93. The number of aliphatic imine (C=N–C) groups is 1. The van der Waals surface area contributed by atoms with Gasteiger partial charge in [-0.25, -0.2) is 4.79 Å². The first-order valence-electron chi connectivity index (χ1n) is 5.05. The van der Waals surface area contributed by atoms with E-state index in [-0.39, 0.29) is 11.3 Å². The van der Waals surface area contributed by atoms with Crippen LogP contribution in [0.5, 0.6) is 0 Å². The molecule has 1 heterocycles. The summed E-state index contributed by atoms with van der Waals surface area (Å²) >= 11 is 0. The van der Waals surface area contributed by atoms with E-state index in [4.69, 9.17) is 0 Å². The first-order valence-corrected chi connectivity index (χ1v) is 5.05. The zero-order chi connectivity index (χ0) is 11.8. The van der Waals surface area contributed by atoms with Gasteiger partial charge in [-0.2, -0.15) is 4.99 Å². The normalized spacial score (nSPS) is 17.0. The summed E-state index contributed by atoms with van der Waals surface area (Å²) in [6, 6.07) is 5.20. The lowest BCUT2D eigenvalue weighted by Gasteiger charge is -2.32. The molecule has 4 heteroatoms. The molecule has 16 heavy (non-hydrogen) atoms. The van der Waals surface area contributed by atoms with Crippen LogP contribution < -0.4 is 5.32 Å². The van der Waals surface area contributed by atoms with Crippen LogP contribution in [0.2, 0.25) is 0 Å². The summed E-state index contributed by atoms with van der Waals surface area (Å²) in [7, 11) is 0. The largest absolute Gasteiger partial charge is 0.351 e. The molecule has 0 saturated heterocycles. The summed E-state index contributed by atoms with van der Waals surface area (Å²) in [5.41, 5.74) is 1.95. The highest BCUT2D eigenvalue weighted by Crippen LogP contribution is 2.31. The van der Waals surface area contributed by atoms with Crippen molar-refractivity contribution in [2.24, 2.45) is 4.99 Å². The predicted molar refractivity (Wildman–Crippen MR) is 59.6 cm³/mol. The fourth-order valence-corrected chi connectivity index (χ4v) is 1.92. The predicted octanol–water partition coefficient (Wildman–Crippen LogP) is 1.67. The Labute approximate surface area is 93.4 Å². The van der Waals surface area contributed by atoms with Gasteiger partial charge in [-0.3, -0.25) is 4.79 Å². The highest BCUT2D eigenvalue weighted by atomic mass is 16.1. The molecule has 1 aliphatic rings. The number of fused-ring (bicyclic) bond motifs is 1. The summed E-state index contributed by atoms with van der Waals surface area (Å²) in [5, 5.41) is 2.82. The van der Waals surface area contributed by atoms with E-state index in [9.17, 15) is 9.59 Å². The Kier molecular flexibility index (Phi) is 2.37. The van der Waals surface area contributed by atoms with Crippen LogP contribution in [-0.2, 0) is 10.2 Å². The lowest BCUT2D eigenvalue weighted by atomic mass is 9.79. The van der Waals surface area contributed by atoms with Crippen molar-refractivity contribution in [2.75, 3.05) is 6.54 Å². The highest BCUT2D eigenvalue weighted by Gasteiger charge is 2.31. The molecule has 1 aromatic rings. The number of rotatable bonds is 1. The molecular formula is C12H12N2O2. The topological polar surface area (TPSA) is 58.5 Å². The van der Waals surface area contributed by atoms with Crippen LogP contribution in [0.1, 0.15) is 29.8 Å². The van der Waals surface area contributed by atoms with E-state index in [1.807, 2.05) is 6.07 Å². The number of nitrogens with one attached hydrogen (secondary N) is 1. The minimum absolute atomic E-state index is 0.0906. The molecule has 1 N–H and O–H groups in total. The molecule has 0 unspecified atom stereocenters. The molecule has 0 spiro atoms. The Bertz CT molecular complexity index is 500. The van der Waals surface area contributed by atoms with Gasteiger partial charge in [0, 0.05) is 17.5 Å². The average Bonchev–Trinajstić information content (AvgIpc) is 2.25. The van der Waals surface area contributed by atoms with Gasteiger partial charge >= 0.3 is 0 Å². The third-order valence-electron chi connectivity index (χ3n) is 2.84. The maximum atomic E-state index is 11.7. The van der Waals surface area contributed by atoms with E-state index >= 15 is 0 Å². The number of hydrogen-bond acceptors (Lipinski definition) is 3. The molecule has 1 aromatic carbocycles. The zero-order valence-corrected chi connectivity index (χ0v) is 9.20. The lowest BCUT2D eigenvalue weighted by Crippen LogP contribution is -2.43. The van der Waals surface area contributed by atoms with Crippen LogP contribution in [0.4, 0.5) is 5.69 Å². The molecule has 0 aliphatic carbocycles. The number of carbonyl (C=O) groups is 1. The van der Waals surface area contributed by atoms with Gasteiger partial charge in [0.1, 0.15) is 0 Å². The van der Waals surface area contributed by atoms with Crippen molar-refractivity contribution in [3.05, 3.63) is 29.3 Å². The van der Waals surface area contributed by atoms with E-state index in [1.54, 1.807) is 12.1 Å². The van der Waals surface area contributed by atoms with Gasteiger partial charge < -0.3 is 5.32 Å². The second kappa shape index (κ2) is 3.58. The summed E-state index contributed by atoms with van der Waals surface area (Å²) in [5.74, 6) is -0.114. The van der Waals surface area contributed by atoms with E-state index in [1.165, 1.54) is 6.08 Å². The fraction of sp³-hybridized carbons (Fsp3) is 0.333. The third-order valence-corrected chi connectivity index (χ3v) is 2.84. The lowest BCUT2D eigenvalue weighted by molar-refractivity contribution is 0.0930. The minimum atomic E-state index is -0.114. The second-order valence-corrected chi connectivity index (χ2v) is 4.50. The molecule has 2 rings (SSSR count). The van der Waals surface area contributed by atoms with Crippen molar-refractivity contribution in [3.8, 4) is 0 Å². The van der Waals surface area contributed by atoms with Gasteiger partial charge in [-0.05, 0) is 17.7 Å². The molecule has 0 saturated carbocycles. The molecule has 0 atom stereocenters. The summed E-state index contributed by atoms with van der Waals surface area (Å²) < 4.78 is 0. The van der Waals surface area contributed by atoms with Gasteiger partial charge in [0.25, 0.3) is 5.91 Å². The van der Waals surface area contributed by atoms with Gasteiger partial charge in [0.05, 0.1) is 5.69 Å². The van der Waals surface area contributed by atoms with E-state index in [2.05, 4.69) is 24.2 Å². The van der Waals surface area contributed by atoms with Crippen LogP contribution >= 0.6 is 0 Å². The zero-order valence-electron chi connectivity index (χ0n) is 9.20. The van der Waals surface area contributed by atoms with E-state index in [0.29, 0.717) is 17.8 Å². The summed E-state index contributed by atoms with van der Waals surface area (Å²) in [6.45, 7) is 4.75. The van der Waals surface area contributed by atoms with Gasteiger partial charge in [0.15, 0.2) is 0 Å². The maximum Gasteiger partial charge on any atom is 0.251 e. The van der Waals surface area contributed by atoms with Crippen LogP contribution in [0.15, 0.2) is 23.2 Å². The number of nitrogens with zero attached hydrogens (tertiary/aromatic N) is 1. The van der Waals surface area contributed by atoms with Crippen LogP contribution in [-0.4, -0.2) is 18.5 Å². The van der Waals surface area contributed by atoms with Crippen molar-refractivity contribution in [2.45, 2.75) is 19.3 Å². The highest BCUT2D eigenvalue weighted by molar-refractivity contribution is 5.98. The molecule has 0 radical (unpaired) electrons. The summed E-state index contributed by atoms with van der Waals surface area (Å²) in [4.78, 5) is 25.3. The minimum Gasteiger partial charge on any atom is -0.351 e. The van der Waals surface area contributed by atoms with Crippen LogP contribution in [0, 0.1) is 0 Å². The molecule has 4 nitrogen and oxygen atoms in total. The number of isocyanates is 1. The molecule has 0 bridgehead atoms. The van der Waals surface area contributed by atoms with E-state index in [0.717, 1.165) is 5.56 Å². The first-order chi connectivity index (χ1) is 7.54. The number of benzene rings is 1. The molecule has 0 fully saturated rings. The second-order valence-electron chi connectivity index (χ2n) is 4.50. The Balaban J connectivity index is 2.60. The smallest absolute Gasteiger partial charge is 0.251 e. The molecule has 82 valence electrons. The van der Waals surface area contributed by atoms with Crippen molar-refractivity contribution in [3.63, 3.8) is 0 Å². The number of hydrogen-bond donors (Lipinski definition) is 1. The Morgan fingerprint density at radius 1 is 1.44 bits per heavy atom. The number of amides is 1. The van der Waals surface area contributed by atoms with Gasteiger partial charge in [0.2, 0.25) is 6.08 Å².